The van der Waals surface area contributed by atoms with E-state index in [4.69, 9.17) is 0 Å². The van der Waals surface area contributed by atoms with Crippen LogP contribution >= 0.6 is 0 Å². The van der Waals surface area contributed by atoms with Crippen LogP contribution in [0.1, 0.15) is 47.2 Å². The van der Waals surface area contributed by atoms with Gasteiger partial charge in [0.15, 0.2) is 0 Å². The van der Waals surface area contributed by atoms with Gasteiger partial charge < -0.3 is 4.90 Å². The lowest BCUT2D eigenvalue weighted by Gasteiger charge is -2.33. The van der Waals surface area contributed by atoms with Crippen molar-refractivity contribution >= 4 is 17.1 Å². The molecule has 278 valence electrons. The average Bonchev–Trinajstić information content (AvgIpc) is 3.85. The molecule has 1 nitrogen and oxygen atoms in total. The second-order valence-corrected chi connectivity index (χ2v) is 16.8. The van der Waals surface area contributed by atoms with Crippen molar-refractivity contribution in [1.29, 1.82) is 0 Å². The molecule has 9 aromatic carbocycles. The molecule has 1 heteroatoms. The van der Waals surface area contributed by atoms with Gasteiger partial charge in [-0.3, -0.25) is 0 Å². The highest BCUT2D eigenvalue weighted by atomic mass is 15.1. The van der Waals surface area contributed by atoms with Crippen LogP contribution in [-0.2, 0) is 10.8 Å². The molecule has 12 rings (SSSR count). The summed E-state index contributed by atoms with van der Waals surface area (Å²) in [7, 11) is 0. The van der Waals surface area contributed by atoms with Gasteiger partial charge >= 0.3 is 0 Å². The lowest BCUT2D eigenvalue weighted by molar-refractivity contribution is 0.660. The summed E-state index contributed by atoms with van der Waals surface area (Å²) < 4.78 is 0. The van der Waals surface area contributed by atoms with Gasteiger partial charge in [-0.2, -0.15) is 0 Å². The molecule has 0 saturated heterocycles. The van der Waals surface area contributed by atoms with Crippen LogP contribution in [-0.4, -0.2) is 0 Å². The number of benzene rings is 9. The molecule has 0 saturated carbocycles. The summed E-state index contributed by atoms with van der Waals surface area (Å²) in [5.74, 6) is 0. The Labute approximate surface area is 346 Å². The van der Waals surface area contributed by atoms with Gasteiger partial charge in [0.25, 0.3) is 0 Å². The van der Waals surface area contributed by atoms with Crippen LogP contribution in [0.3, 0.4) is 0 Å². The van der Waals surface area contributed by atoms with Crippen molar-refractivity contribution in [3.63, 3.8) is 0 Å². The van der Waals surface area contributed by atoms with E-state index in [1.54, 1.807) is 0 Å². The number of anilines is 3. The number of fused-ring (bicyclic) bond motifs is 13. The fourth-order valence-electron chi connectivity index (χ4n) is 11.0. The molecule has 0 atom stereocenters. The summed E-state index contributed by atoms with van der Waals surface area (Å²) in [6, 6.07) is 79.2. The highest BCUT2D eigenvalue weighted by Gasteiger charge is 2.51. The van der Waals surface area contributed by atoms with Crippen molar-refractivity contribution in [3.05, 3.63) is 246 Å². The van der Waals surface area contributed by atoms with Gasteiger partial charge in [0.1, 0.15) is 0 Å². The molecular weight excluding hydrogens is 711 g/mol. The summed E-state index contributed by atoms with van der Waals surface area (Å²) in [5, 5.41) is 0. The first-order valence-corrected chi connectivity index (χ1v) is 20.8. The minimum Gasteiger partial charge on any atom is -0.310 e. The van der Waals surface area contributed by atoms with E-state index >= 15 is 0 Å². The molecule has 0 fully saturated rings. The molecular formula is C58H41N. The number of rotatable bonds is 5. The summed E-state index contributed by atoms with van der Waals surface area (Å²) in [6.45, 7) is 4.72. The van der Waals surface area contributed by atoms with E-state index in [0.29, 0.717) is 0 Å². The molecule has 9 aromatic rings. The Hall–Kier alpha value is -7.22. The average molecular weight is 752 g/mol. The molecule has 0 aliphatic heterocycles. The first-order valence-electron chi connectivity index (χ1n) is 20.8. The minimum atomic E-state index is -0.438. The summed E-state index contributed by atoms with van der Waals surface area (Å²) >= 11 is 0. The van der Waals surface area contributed by atoms with Crippen molar-refractivity contribution in [3.8, 4) is 55.6 Å². The quantitative estimate of drug-likeness (QED) is 0.169. The largest absolute Gasteiger partial charge is 0.310 e. The van der Waals surface area contributed by atoms with Crippen LogP contribution in [0.4, 0.5) is 17.1 Å². The van der Waals surface area contributed by atoms with Crippen LogP contribution in [0.15, 0.2) is 212 Å². The SMILES string of the molecule is CC1(C)c2ccccc2-c2cc(-c3c(-c4ccccc4)cccc3N(c3ccccc3)c3ccc4c(c3)C3(c5ccccc5-c5ccccc53)c3ccccc3-4)ccc21. The molecule has 0 bridgehead atoms. The summed E-state index contributed by atoms with van der Waals surface area (Å²) in [6.07, 6.45) is 0. The van der Waals surface area contributed by atoms with Crippen molar-refractivity contribution < 1.29 is 0 Å². The van der Waals surface area contributed by atoms with Gasteiger partial charge in [-0.15, -0.1) is 0 Å². The zero-order valence-electron chi connectivity index (χ0n) is 33.2. The number of nitrogens with zero attached hydrogens (tertiary/aromatic N) is 1. The maximum atomic E-state index is 2.50. The van der Waals surface area contributed by atoms with Gasteiger partial charge in [0.2, 0.25) is 0 Å². The van der Waals surface area contributed by atoms with E-state index in [2.05, 4.69) is 231 Å². The molecule has 0 aromatic heterocycles. The highest BCUT2D eigenvalue weighted by Crippen LogP contribution is 2.63. The molecule has 0 unspecified atom stereocenters. The molecule has 0 N–H and O–H groups in total. The van der Waals surface area contributed by atoms with E-state index in [1.807, 2.05) is 0 Å². The molecule has 0 heterocycles. The summed E-state index contributed by atoms with van der Waals surface area (Å²) in [5.41, 5.74) is 23.7. The lowest BCUT2D eigenvalue weighted by atomic mass is 9.70. The normalized spacial score (nSPS) is 14.2. The Balaban J connectivity index is 1.14. The molecule has 3 aliphatic rings. The van der Waals surface area contributed by atoms with Crippen molar-refractivity contribution in [2.45, 2.75) is 24.7 Å². The molecule has 0 amide bonds. The predicted octanol–water partition coefficient (Wildman–Crippen LogP) is 15.1. The second kappa shape index (κ2) is 12.6. The van der Waals surface area contributed by atoms with Gasteiger partial charge in [-0.05, 0) is 120 Å². The third-order valence-electron chi connectivity index (χ3n) is 13.5. The van der Waals surface area contributed by atoms with Crippen LogP contribution in [0.25, 0.3) is 55.6 Å². The van der Waals surface area contributed by atoms with Crippen LogP contribution in [0.5, 0.6) is 0 Å². The molecule has 1 spiro atoms. The number of hydrogen-bond acceptors (Lipinski definition) is 1. The topological polar surface area (TPSA) is 3.24 Å². The van der Waals surface area contributed by atoms with E-state index in [-0.39, 0.29) is 5.41 Å². The van der Waals surface area contributed by atoms with E-state index < -0.39 is 5.41 Å². The minimum absolute atomic E-state index is 0.0717. The molecule has 59 heavy (non-hydrogen) atoms. The smallest absolute Gasteiger partial charge is 0.0726 e. The Morgan fingerprint density at radius 2 is 0.797 bits per heavy atom. The van der Waals surface area contributed by atoms with Crippen LogP contribution in [0, 0.1) is 0 Å². The fraction of sp³-hybridized carbons (Fsp3) is 0.0690. The maximum absolute atomic E-state index is 2.50. The first-order chi connectivity index (χ1) is 29.0. The molecule has 3 aliphatic carbocycles. The fourth-order valence-corrected chi connectivity index (χ4v) is 11.0. The van der Waals surface area contributed by atoms with Gasteiger partial charge in [-0.25, -0.2) is 0 Å². The predicted molar refractivity (Wildman–Crippen MR) is 246 cm³/mol. The Bertz CT molecular complexity index is 3070. The summed E-state index contributed by atoms with van der Waals surface area (Å²) in [4.78, 5) is 2.50. The monoisotopic (exact) mass is 751 g/mol. The Morgan fingerprint density at radius 1 is 0.305 bits per heavy atom. The van der Waals surface area contributed by atoms with Gasteiger partial charge in [-0.1, -0.05) is 190 Å². The number of para-hydroxylation sites is 1. The second-order valence-electron chi connectivity index (χ2n) is 16.8. The number of hydrogen-bond donors (Lipinski definition) is 0. The van der Waals surface area contributed by atoms with Gasteiger partial charge in [0.05, 0.1) is 11.1 Å². The lowest BCUT2D eigenvalue weighted by Crippen LogP contribution is -2.26. The third kappa shape index (κ3) is 4.67. The zero-order valence-corrected chi connectivity index (χ0v) is 33.2. The van der Waals surface area contributed by atoms with E-state index in [1.165, 1.54) is 89.0 Å². The third-order valence-corrected chi connectivity index (χ3v) is 13.5. The van der Waals surface area contributed by atoms with Gasteiger partial charge in [0, 0.05) is 22.4 Å². The van der Waals surface area contributed by atoms with Crippen molar-refractivity contribution in [1.82, 2.24) is 0 Å². The first kappa shape index (κ1) is 33.9. The van der Waals surface area contributed by atoms with Crippen molar-refractivity contribution in [2.75, 3.05) is 4.90 Å². The van der Waals surface area contributed by atoms with Crippen molar-refractivity contribution in [2.24, 2.45) is 0 Å². The highest BCUT2D eigenvalue weighted by molar-refractivity contribution is 6.00. The maximum Gasteiger partial charge on any atom is 0.0726 e. The Kier molecular flexibility index (Phi) is 7.26. The van der Waals surface area contributed by atoms with Crippen LogP contribution in [0.2, 0.25) is 0 Å². The van der Waals surface area contributed by atoms with Crippen LogP contribution < -0.4 is 4.90 Å². The van der Waals surface area contributed by atoms with E-state index in [9.17, 15) is 0 Å². The standard InChI is InChI=1S/C58H41N/c1-57(2)49-27-13-9-25-46(49)48-36-39(32-35-50(48)57)56-42(38-18-5-3-6-19-38)26-17-31-55(56)59(40-20-7-4-8-21-40)41-33-34-47-45-24-12-16-30-53(45)58(54(47)37-41)51-28-14-10-22-43(51)44-23-11-15-29-52(44)58/h3-37H,1-2H3. The zero-order chi connectivity index (χ0) is 39.3. The Morgan fingerprint density at radius 3 is 1.42 bits per heavy atom. The molecule has 0 radical (unpaired) electrons. The van der Waals surface area contributed by atoms with E-state index in [0.717, 1.165) is 17.1 Å².